The molecule has 13 heavy (non-hydrogen) atoms. The van der Waals surface area contributed by atoms with Gasteiger partial charge < -0.3 is 10.8 Å². The summed E-state index contributed by atoms with van der Waals surface area (Å²) in [7, 11) is 0. The minimum Gasteiger partial charge on any atom is -0.506 e. The highest BCUT2D eigenvalue weighted by atomic mass is 35.5. The minimum atomic E-state index is -1.11. The number of alkyl halides is 1. The molecule has 1 rings (SSSR count). The first-order chi connectivity index (χ1) is 6.15. The number of hydrogen-bond acceptors (Lipinski definition) is 2. The van der Waals surface area contributed by atoms with E-state index in [1.165, 1.54) is 18.2 Å². The summed E-state index contributed by atoms with van der Waals surface area (Å²) in [6.45, 7) is 0.291. The summed E-state index contributed by atoms with van der Waals surface area (Å²) < 4.78 is 13.2. The molecule has 0 aliphatic heterocycles. The number of halogens is 2. The zero-order valence-corrected chi connectivity index (χ0v) is 7.76. The standard InChI is InChI=1S/C9H11ClFNO/c10-7-5-6(1-2-9(7)13)8(11)3-4-12/h1-2,5,8,13H,3-4,12H2. The molecule has 0 aliphatic carbocycles. The zero-order chi connectivity index (χ0) is 9.84. The van der Waals surface area contributed by atoms with Crippen LogP contribution in [0.5, 0.6) is 5.75 Å². The van der Waals surface area contributed by atoms with Gasteiger partial charge in [-0.3, -0.25) is 0 Å². The first-order valence-corrected chi connectivity index (χ1v) is 4.35. The smallest absolute Gasteiger partial charge is 0.134 e. The van der Waals surface area contributed by atoms with Crippen LogP contribution in [0.25, 0.3) is 0 Å². The van der Waals surface area contributed by atoms with E-state index in [9.17, 15) is 4.39 Å². The summed E-state index contributed by atoms with van der Waals surface area (Å²) in [5, 5.41) is 9.24. The molecule has 1 atom stereocenters. The number of phenolic OH excluding ortho intramolecular Hbond substituents is 1. The second-order valence-corrected chi connectivity index (χ2v) is 3.16. The Hall–Kier alpha value is -0.800. The lowest BCUT2D eigenvalue weighted by Gasteiger charge is -2.07. The van der Waals surface area contributed by atoms with Crippen LogP contribution in [-0.2, 0) is 0 Å². The molecule has 1 aromatic carbocycles. The third kappa shape index (κ3) is 2.57. The maximum Gasteiger partial charge on any atom is 0.134 e. The van der Waals surface area contributed by atoms with Crippen molar-refractivity contribution in [3.8, 4) is 5.75 Å². The van der Waals surface area contributed by atoms with Crippen molar-refractivity contribution < 1.29 is 9.50 Å². The molecule has 0 amide bonds. The quantitative estimate of drug-likeness (QED) is 0.793. The number of aromatic hydroxyl groups is 1. The summed E-state index contributed by atoms with van der Waals surface area (Å²) in [5.41, 5.74) is 5.66. The molecule has 2 nitrogen and oxygen atoms in total. The van der Waals surface area contributed by atoms with Gasteiger partial charge in [0.2, 0.25) is 0 Å². The van der Waals surface area contributed by atoms with E-state index in [0.717, 1.165) is 0 Å². The average Bonchev–Trinajstić information content (AvgIpc) is 2.10. The van der Waals surface area contributed by atoms with E-state index in [1.807, 2.05) is 0 Å². The Morgan fingerprint density at radius 2 is 2.23 bits per heavy atom. The molecule has 0 saturated carbocycles. The van der Waals surface area contributed by atoms with Crippen molar-refractivity contribution in [2.45, 2.75) is 12.6 Å². The fourth-order valence-electron chi connectivity index (χ4n) is 1.03. The predicted molar refractivity (Wildman–Crippen MR) is 50.6 cm³/mol. The van der Waals surface area contributed by atoms with Crippen molar-refractivity contribution in [1.82, 2.24) is 0 Å². The summed E-state index contributed by atoms with van der Waals surface area (Å²) in [4.78, 5) is 0. The first kappa shape index (κ1) is 10.3. The van der Waals surface area contributed by atoms with Gasteiger partial charge in [-0.05, 0) is 30.7 Å². The Morgan fingerprint density at radius 3 is 2.77 bits per heavy atom. The van der Waals surface area contributed by atoms with E-state index in [2.05, 4.69) is 0 Å². The predicted octanol–water partition coefficient (Wildman–Crippen LogP) is 2.41. The van der Waals surface area contributed by atoms with E-state index in [1.54, 1.807) is 0 Å². The Labute approximate surface area is 81.1 Å². The Morgan fingerprint density at radius 1 is 1.54 bits per heavy atom. The lowest BCUT2D eigenvalue weighted by Crippen LogP contribution is -2.03. The van der Waals surface area contributed by atoms with Crippen LogP contribution in [0.3, 0.4) is 0 Å². The molecule has 1 aromatic rings. The van der Waals surface area contributed by atoms with Crippen molar-refractivity contribution in [2.75, 3.05) is 6.54 Å². The van der Waals surface area contributed by atoms with Crippen molar-refractivity contribution >= 4 is 11.6 Å². The third-order valence-electron chi connectivity index (χ3n) is 1.75. The van der Waals surface area contributed by atoms with Crippen LogP contribution in [0, 0.1) is 0 Å². The maximum atomic E-state index is 13.2. The lowest BCUT2D eigenvalue weighted by atomic mass is 10.1. The number of hydrogen-bond donors (Lipinski definition) is 2. The normalized spacial score (nSPS) is 12.8. The maximum absolute atomic E-state index is 13.2. The van der Waals surface area contributed by atoms with Gasteiger partial charge in [-0.15, -0.1) is 0 Å². The Balaban J connectivity index is 2.84. The van der Waals surface area contributed by atoms with Crippen molar-refractivity contribution in [3.05, 3.63) is 28.8 Å². The molecule has 0 aliphatic rings. The Bertz CT molecular complexity index is 293. The average molecular weight is 204 g/mol. The summed E-state index contributed by atoms with van der Waals surface area (Å²) in [6.07, 6.45) is -0.843. The van der Waals surface area contributed by atoms with Crippen LogP contribution in [0.4, 0.5) is 4.39 Å². The van der Waals surface area contributed by atoms with Crippen LogP contribution in [-0.4, -0.2) is 11.7 Å². The molecule has 0 spiro atoms. The van der Waals surface area contributed by atoms with Crippen molar-refractivity contribution in [3.63, 3.8) is 0 Å². The fourth-order valence-corrected chi connectivity index (χ4v) is 1.22. The SMILES string of the molecule is NCCC(F)c1ccc(O)c(Cl)c1. The van der Waals surface area contributed by atoms with Gasteiger partial charge in [0.1, 0.15) is 11.9 Å². The van der Waals surface area contributed by atoms with Gasteiger partial charge in [-0.2, -0.15) is 0 Å². The van der Waals surface area contributed by atoms with Gasteiger partial charge in [0, 0.05) is 0 Å². The number of nitrogens with two attached hydrogens (primary N) is 1. The number of rotatable bonds is 3. The molecule has 1 unspecified atom stereocenters. The van der Waals surface area contributed by atoms with Gasteiger partial charge >= 0.3 is 0 Å². The Kier molecular flexibility index (Phi) is 3.51. The summed E-state index contributed by atoms with van der Waals surface area (Å²) in [5.74, 6) is -0.0367. The van der Waals surface area contributed by atoms with Gasteiger partial charge in [-0.1, -0.05) is 17.7 Å². The highest BCUT2D eigenvalue weighted by Crippen LogP contribution is 2.29. The molecule has 3 N–H and O–H groups in total. The van der Waals surface area contributed by atoms with Crippen LogP contribution < -0.4 is 5.73 Å². The molecule has 72 valence electrons. The number of benzene rings is 1. The van der Waals surface area contributed by atoms with Crippen LogP contribution in [0.15, 0.2) is 18.2 Å². The van der Waals surface area contributed by atoms with E-state index in [4.69, 9.17) is 22.4 Å². The fraction of sp³-hybridized carbons (Fsp3) is 0.333. The topological polar surface area (TPSA) is 46.2 Å². The molecular formula is C9H11ClFNO. The minimum absolute atomic E-state index is 0.0367. The van der Waals surface area contributed by atoms with E-state index < -0.39 is 6.17 Å². The highest BCUT2D eigenvalue weighted by molar-refractivity contribution is 6.32. The number of phenols is 1. The largest absolute Gasteiger partial charge is 0.506 e. The molecule has 0 saturated heterocycles. The highest BCUT2D eigenvalue weighted by Gasteiger charge is 2.10. The van der Waals surface area contributed by atoms with Crippen LogP contribution >= 0.6 is 11.6 Å². The van der Waals surface area contributed by atoms with E-state index in [-0.39, 0.29) is 17.2 Å². The summed E-state index contributed by atoms with van der Waals surface area (Å²) in [6, 6.07) is 4.29. The molecule has 0 bridgehead atoms. The second kappa shape index (κ2) is 4.44. The zero-order valence-electron chi connectivity index (χ0n) is 7.00. The second-order valence-electron chi connectivity index (χ2n) is 2.76. The van der Waals surface area contributed by atoms with Gasteiger partial charge in [-0.25, -0.2) is 4.39 Å². The van der Waals surface area contributed by atoms with E-state index >= 15 is 0 Å². The molecule has 0 radical (unpaired) electrons. The summed E-state index contributed by atoms with van der Waals surface area (Å²) >= 11 is 5.61. The monoisotopic (exact) mass is 203 g/mol. The van der Waals surface area contributed by atoms with E-state index in [0.29, 0.717) is 12.1 Å². The van der Waals surface area contributed by atoms with Crippen molar-refractivity contribution in [2.24, 2.45) is 5.73 Å². The third-order valence-corrected chi connectivity index (χ3v) is 2.06. The lowest BCUT2D eigenvalue weighted by molar-refractivity contribution is 0.327. The van der Waals surface area contributed by atoms with Crippen LogP contribution in [0.2, 0.25) is 5.02 Å². The molecule has 0 fully saturated rings. The molecule has 0 heterocycles. The van der Waals surface area contributed by atoms with Gasteiger partial charge in [0.25, 0.3) is 0 Å². The molecular weight excluding hydrogens is 193 g/mol. The van der Waals surface area contributed by atoms with Crippen molar-refractivity contribution in [1.29, 1.82) is 0 Å². The van der Waals surface area contributed by atoms with Gasteiger partial charge in [0.15, 0.2) is 0 Å². The first-order valence-electron chi connectivity index (χ1n) is 3.97. The van der Waals surface area contributed by atoms with Gasteiger partial charge in [0.05, 0.1) is 5.02 Å². The van der Waals surface area contributed by atoms with Crippen LogP contribution in [0.1, 0.15) is 18.2 Å². The molecule has 0 aromatic heterocycles. The molecule has 4 heteroatoms.